The second-order valence-corrected chi connectivity index (χ2v) is 5.61. The zero-order valence-corrected chi connectivity index (χ0v) is 11.4. The van der Waals surface area contributed by atoms with Crippen molar-refractivity contribution in [1.29, 1.82) is 0 Å². The van der Waals surface area contributed by atoms with E-state index in [4.69, 9.17) is 5.11 Å². The van der Waals surface area contributed by atoms with Gasteiger partial charge in [0.05, 0.1) is 0 Å². The number of aliphatic carboxylic acids is 1. The number of aromatic amines is 1. The largest absolute Gasteiger partial charge is 0.480 e. The molecular formula is C13H13BrN2O2. The minimum atomic E-state index is -0.793. The Morgan fingerprint density at radius 2 is 2.28 bits per heavy atom. The third-order valence-electron chi connectivity index (χ3n) is 3.49. The zero-order valence-electron chi connectivity index (χ0n) is 9.83. The summed E-state index contributed by atoms with van der Waals surface area (Å²) < 4.78 is 1.02. The number of nitrogens with one attached hydrogen (secondary N) is 2. The normalized spacial score (nSPS) is 23.0. The second-order valence-electron chi connectivity index (χ2n) is 4.69. The summed E-state index contributed by atoms with van der Waals surface area (Å²) in [5, 5.41) is 13.4. The van der Waals surface area contributed by atoms with Crippen LogP contribution in [0.4, 0.5) is 0 Å². The molecule has 2 aromatic rings. The standard InChI is InChI=1S/C13H13BrN2O2/c1-6-12-9(5-11(15-6)13(17)18)8-3-2-7(14)4-10(8)16-12/h2-4,6,11,15-16H,5H2,1H3,(H,17,18). The minimum absolute atomic E-state index is 0.0287. The highest BCUT2D eigenvalue weighted by Crippen LogP contribution is 2.32. The summed E-state index contributed by atoms with van der Waals surface area (Å²) in [6, 6.07) is 5.57. The molecule has 3 N–H and O–H groups in total. The maximum atomic E-state index is 11.1. The topological polar surface area (TPSA) is 65.1 Å². The van der Waals surface area contributed by atoms with Gasteiger partial charge in [0, 0.05) is 33.5 Å². The summed E-state index contributed by atoms with van der Waals surface area (Å²) >= 11 is 3.45. The molecular weight excluding hydrogens is 296 g/mol. The van der Waals surface area contributed by atoms with Crippen molar-refractivity contribution in [2.45, 2.75) is 25.4 Å². The lowest BCUT2D eigenvalue weighted by Gasteiger charge is -2.26. The van der Waals surface area contributed by atoms with Crippen molar-refractivity contribution in [1.82, 2.24) is 10.3 Å². The third kappa shape index (κ3) is 1.74. The molecule has 94 valence electrons. The van der Waals surface area contributed by atoms with Crippen molar-refractivity contribution >= 4 is 32.8 Å². The van der Waals surface area contributed by atoms with Gasteiger partial charge >= 0.3 is 5.97 Å². The van der Waals surface area contributed by atoms with Crippen LogP contribution in [-0.4, -0.2) is 22.1 Å². The highest BCUT2D eigenvalue weighted by Gasteiger charge is 2.30. The lowest BCUT2D eigenvalue weighted by Crippen LogP contribution is -2.43. The van der Waals surface area contributed by atoms with Gasteiger partial charge in [0.15, 0.2) is 0 Å². The number of rotatable bonds is 1. The molecule has 0 radical (unpaired) electrons. The molecule has 0 amide bonds. The molecule has 1 aliphatic rings. The summed E-state index contributed by atoms with van der Waals surface area (Å²) in [5.41, 5.74) is 3.27. The van der Waals surface area contributed by atoms with Crippen LogP contribution in [0.2, 0.25) is 0 Å². The Bertz CT molecular complexity index is 635. The summed E-state index contributed by atoms with van der Waals surface area (Å²) in [6.07, 6.45) is 0.524. The molecule has 3 rings (SSSR count). The van der Waals surface area contributed by atoms with Crippen molar-refractivity contribution in [3.05, 3.63) is 33.9 Å². The molecule has 0 saturated carbocycles. The van der Waals surface area contributed by atoms with E-state index in [2.05, 4.69) is 26.2 Å². The first-order chi connectivity index (χ1) is 8.56. The van der Waals surface area contributed by atoms with Crippen LogP contribution in [0.3, 0.4) is 0 Å². The van der Waals surface area contributed by atoms with E-state index in [1.807, 2.05) is 25.1 Å². The number of halogens is 1. The van der Waals surface area contributed by atoms with Gasteiger partial charge < -0.3 is 10.1 Å². The molecule has 1 aromatic carbocycles. The number of fused-ring (bicyclic) bond motifs is 3. The fraction of sp³-hybridized carbons (Fsp3) is 0.308. The van der Waals surface area contributed by atoms with E-state index < -0.39 is 12.0 Å². The van der Waals surface area contributed by atoms with Crippen molar-refractivity contribution < 1.29 is 9.90 Å². The molecule has 1 aliphatic heterocycles. The van der Waals surface area contributed by atoms with Gasteiger partial charge in [-0.15, -0.1) is 0 Å². The minimum Gasteiger partial charge on any atom is -0.480 e. The zero-order chi connectivity index (χ0) is 12.9. The number of benzene rings is 1. The van der Waals surface area contributed by atoms with Gasteiger partial charge in [-0.25, -0.2) is 0 Å². The smallest absolute Gasteiger partial charge is 0.321 e. The molecule has 18 heavy (non-hydrogen) atoms. The molecule has 2 atom stereocenters. The van der Waals surface area contributed by atoms with E-state index in [0.717, 1.165) is 26.6 Å². The van der Waals surface area contributed by atoms with E-state index in [9.17, 15) is 4.79 Å². The van der Waals surface area contributed by atoms with Gasteiger partial charge in [-0.2, -0.15) is 0 Å². The van der Waals surface area contributed by atoms with Gasteiger partial charge in [-0.3, -0.25) is 10.1 Å². The van der Waals surface area contributed by atoms with Crippen LogP contribution in [0, 0.1) is 0 Å². The van der Waals surface area contributed by atoms with Gasteiger partial charge in [0.1, 0.15) is 6.04 Å². The van der Waals surface area contributed by atoms with Gasteiger partial charge in [0.25, 0.3) is 0 Å². The van der Waals surface area contributed by atoms with Crippen LogP contribution >= 0.6 is 15.9 Å². The Labute approximate surface area is 113 Å². The van der Waals surface area contributed by atoms with Crippen LogP contribution in [0.1, 0.15) is 24.2 Å². The van der Waals surface area contributed by atoms with E-state index in [1.165, 1.54) is 0 Å². The summed E-state index contributed by atoms with van der Waals surface area (Å²) in [7, 11) is 0. The molecule has 5 heteroatoms. The Balaban J connectivity index is 2.17. The maximum absolute atomic E-state index is 11.1. The lowest BCUT2D eigenvalue weighted by molar-refractivity contribution is -0.139. The van der Waals surface area contributed by atoms with Crippen molar-refractivity contribution in [2.75, 3.05) is 0 Å². The number of aromatic nitrogens is 1. The molecule has 0 bridgehead atoms. The van der Waals surface area contributed by atoms with E-state index in [0.29, 0.717) is 6.42 Å². The number of hydrogen-bond acceptors (Lipinski definition) is 2. The van der Waals surface area contributed by atoms with Gasteiger partial charge in [0.2, 0.25) is 0 Å². The highest BCUT2D eigenvalue weighted by molar-refractivity contribution is 9.10. The van der Waals surface area contributed by atoms with Gasteiger partial charge in [-0.05, 0) is 24.6 Å². The Morgan fingerprint density at radius 1 is 1.50 bits per heavy atom. The molecule has 0 aliphatic carbocycles. The first-order valence-corrected chi connectivity index (χ1v) is 6.64. The summed E-state index contributed by atoms with van der Waals surface area (Å²) in [6.45, 7) is 1.98. The lowest BCUT2D eigenvalue weighted by atomic mass is 9.95. The third-order valence-corrected chi connectivity index (χ3v) is 3.98. The second kappa shape index (κ2) is 4.10. The highest BCUT2D eigenvalue weighted by atomic mass is 79.9. The fourth-order valence-electron chi connectivity index (χ4n) is 2.64. The van der Waals surface area contributed by atoms with Crippen molar-refractivity contribution in [2.24, 2.45) is 0 Å². The van der Waals surface area contributed by atoms with Gasteiger partial charge in [-0.1, -0.05) is 22.0 Å². The number of hydrogen-bond donors (Lipinski definition) is 3. The molecule has 0 saturated heterocycles. The molecule has 1 aromatic heterocycles. The van der Waals surface area contributed by atoms with Crippen molar-refractivity contribution in [3.63, 3.8) is 0 Å². The summed E-state index contributed by atoms with van der Waals surface area (Å²) in [4.78, 5) is 14.5. The molecule has 2 unspecified atom stereocenters. The van der Waals surface area contributed by atoms with Crippen molar-refractivity contribution in [3.8, 4) is 0 Å². The SMILES string of the molecule is CC1NC(C(=O)O)Cc2c1[nH]c1cc(Br)ccc21. The average Bonchev–Trinajstić information content (AvgIpc) is 2.67. The van der Waals surface area contributed by atoms with Crippen LogP contribution in [0.15, 0.2) is 22.7 Å². The van der Waals surface area contributed by atoms with Crippen LogP contribution in [0.5, 0.6) is 0 Å². The quantitative estimate of drug-likeness (QED) is 0.758. The molecule has 0 spiro atoms. The van der Waals surface area contributed by atoms with E-state index in [1.54, 1.807) is 0 Å². The Kier molecular flexibility index (Phi) is 2.68. The van der Waals surface area contributed by atoms with Crippen LogP contribution < -0.4 is 5.32 Å². The van der Waals surface area contributed by atoms with E-state index in [-0.39, 0.29) is 6.04 Å². The monoisotopic (exact) mass is 308 g/mol. The first-order valence-electron chi connectivity index (χ1n) is 5.85. The van der Waals surface area contributed by atoms with Crippen LogP contribution in [-0.2, 0) is 11.2 Å². The molecule has 4 nitrogen and oxygen atoms in total. The Hall–Kier alpha value is -1.33. The predicted octanol–water partition coefficient (Wildman–Crippen LogP) is 2.59. The number of carboxylic acid groups (broad SMARTS) is 1. The summed E-state index contributed by atoms with van der Waals surface area (Å²) in [5.74, 6) is -0.793. The predicted molar refractivity (Wildman–Crippen MR) is 72.7 cm³/mol. The average molecular weight is 309 g/mol. The molecule has 2 heterocycles. The number of H-pyrrole nitrogens is 1. The Morgan fingerprint density at radius 3 is 3.00 bits per heavy atom. The fourth-order valence-corrected chi connectivity index (χ4v) is 3.01. The maximum Gasteiger partial charge on any atom is 0.321 e. The van der Waals surface area contributed by atoms with E-state index >= 15 is 0 Å². The number of carboxylic acids is 1. The number of carbonyl (C=O) groups is 1. The first kappa shape index (κ1) is 11.7. The molecule has 0 fully saturated rings. The van der Waals surface area contributed by atoms with Crippen LogP contribution in [0.25, 0.3) is 10.9 Å².